The fraction of sp³-hybridized carbons (Fsp3) is 0.438. The number of hydrogen-bond acceptors (Lipinski definition) is 7. The van der Waals surface area contributed by atoms with Gasteiger partial charge in [0.1, 0.15) is 5.82 Å². The SMILES string of the molecule is c1cnn(-c2cncc(N3CCC(c4nc(C5CC5)no4)C3)n2)c1. The highest BCUT2D eigenvalue weighted by Crippen LogP contribution is 2.39. The second-order valence-corrected chi connectivity index (χ2v) is 6.38. The molecule has 0 amide bonds. The normalized spacial score (nSPS) is 20.7. The Morgan fingerprint density at radius 2 is 1.96 bits per heavy atom. The summed E-state index contributed by atoms with van der Waals surface area (Å²) in [6.45, 7) is 1.73. The molecule has 3 aromatic heterocycles. The van der Waals surface area contributed by atoms with Gasteiger partial charge >= 0.3 is 0 Å². The van der Waals surface area contributed by atoms with E-state index in [9.17, 15) is 0 Å². The molecular weight excluding hydrogens is 306 g/mol. The maximum atomic E-state index is 5.48. The van der Waals surface area contributed by atoms with E-state index in [0.717, 1.165) is 42.9 Å². The molecule has 0 spiro atoms. The molecule has 5 rings (SSSR count). The average molecular weight is 323 g/mol. The van der Waals surface area contributed by atoms with Crippen LogP contribution in [0, 0.1) is 0 Å². The van der Waals surface area contributed by atoms with Crippen molar-refractivity contribution in [3.63, 3.8) is 0 Å². The molecule has 0 radical (unpaired) electrons. The lowest BCUT2D eigenvalue weighted by Crippen LogP contribution is -2.21. The molecule has 0 N–H and O–H groups in total. The molecule has 122 valence electrons. The van der Waals surface area contributed by atoms with Crippen molar-refractivity contribution in [2.45, 2.75) is 31.1 Å². The highest BCUT2D eigenvalue weighted by molar-refractivity contribution is 5.41. The third-order valence-electron chi connectivity index (χ3n) is 4.61. The number of aromatic nitrogens is 6. The minimum absolute atomic E-state index is 0.264. The lowest BCUT2D eigenvalue weighted by atomic mass is 10.1. The van der Waals surface area contributed by atoms with Crippen LogP contribution in [0.3, 0.4) is 0 Å². The summed E-state index contributed by atoms with van der Waals surface area (Å²) < 4.78 is 7.19. The van der Waals surface area contributed by atoms with E-state index >= 15 is 0 Å². The summed E-state index contributed by atoms with van der Waals surface area (Å²) in [4.78, 5) is 15.8. The van der Waals surface area contributed by atoms with E-state index in [2.05, 4.69) is 30.1 Å². The van der Waals surface area contributed by atoms with Gasteiger partial charge in [0.25, 0.3) is 0 Å². The van der Waals surface area contributed by atoms with Crippen molar-refractivity contribution in [2.75, 3.05) is 18.0 Å². The minimum atomic E-state index is 0.264. The number of rotatable bonds is 4. The first-order valence-electron chi connectivity index (χ1n) is 8.27. The second-order valence-electron chi connectivity index (χ2n) is 6.38. The zero-order chi connectivity index (χ0) is 15.9. The molecule has 1 saturated carbocycles. The molecule has 1 saturated heterocycles. The number of nitrogens with zero attached hydrogens (tertiary/aromatic N) is 7. The first-order chi connectivity index (χ1) is 11.9. The van der Waals surface area contributed by atoms with Crippen LogP contribution in [0.15, 0.2) is 35.4 Å². The molecule has 1 aliphatic carbocycles. The van der Waals surface area contributed by atoms with E-state index in [4.69, 9.17) is 4.52 Å². The summed E-state index contributed by atoms with van der Waals surface area (Å²) in [7, 11) is 0. The van der Waals surface area contributed by atoms with Crippen LogP contribution in [-0.2, 0) is 0 Å². The van der Waals surface area contributed by atoms with Crippen LogP contribution in [0.4, 0.5) is 5.82 Å². The van der Waals surface area contributed by atoms with Gasteiger partial charge in [0.15, 0.2) is 11.6 Å². The lowest BCUT2D eigenvalue weighted by Gasteiger charge is -2.16. The Hall–Kier alpha value is -2.77. The van der Waals surface area contributed by atoms with Crippen molar-refractivity contribution >= 4 is 5.82 Å². The molecule has 8 nitrogen and oxygen atoms in total. The average Bonchev–Trinajstić information content (AvgIpc) is 3.07. The maximum absolute atomic E-state index is 5.48. The summed E-state index contributed by atoms with van der Waals surface area (Å²) in [5, 5.41) is 8.33. The van der Waals surface area contributed by atoms with Gasteiger partial charge < -0.3 is 9.42 Å². The van der Waals surface area contributed by atoms with Crippen LogP contribution in [0.25, 0.3) is 5.82 Å². The largest absolute Gasteiger partial charge is 0.354 e. The molecule has 24 heavy (non-hydrogen) atoms. The quantitative estimate of drug-likeness (QED) is 0.725. The molecule has 0 bridgehead atoms. The van der Waals surface area contributed by atoms with Crippen molar-refractivity contribution < 1.29 is 4.52 Å². The van der Waals surface area contributed by atoms with Gasteiger partial charge in [-0.15, -0.1) is 0 Å². The molecule has 0 aromatic carbocycles. The summed E-state index contributed by atoms with van der Waals surface area (Å²) in [5.41, 5.74) is 0. The summed E-state index contributed by atoms with van der Waals surface area (Å²) >= 11 is 0. The van der Waals surface area contributed by atoms with Crippen molar-refractivity contribution in [3.8, 4) is 5.82 Å². The highest BCUT2D eigenvalue weighted by Gasteiger charge is 2.33. The Bertz CT molecular complexity index is 840. The van der Waals surface area contributed by atoms with Crippen LogP contribution in [0.1, 0.15) is 42.8 Å². The molecule has 2 aliphatic rings. The van der Waals surface area contributed by atoms with E-state index in [1.807, 2.05) is 12.3 Å². The van der Waals surface area contributed by atoms with Gasteiger partial charge in [-0.2, -0.15) is 10.1 Å². The summed E-state index contributed by atoms with van der Waals surface area (Å²) in [6.07, 6.45) is 10.5. The van der Waals surface area contributed by atoms with Crippen molar-refractivity contribution in [1.82, 2.24) is 29.9 Å². The zero-order valence-corrected chi connectivity index (χ0v) is 13.1. The molecule has 1 unspecified atom stereocenters. The molecule has 3 aromatic rings. The van der Waals surface area contributed by atoms with E-state index in [1.54, 1.807) is 23.3 Å². The van der Waals surface area contributed by atoms with Crippen LogP contribution >= 0.6 is 0 Å². The molecule has 1 aliphatic heterocycles. The van der Waals surface area contributed by atoms with Gasteiger partial charge in [-0.25, -0.2) is 9.67 Å². The molecule has 1 atom stereocenters. The molecule has 2 fully saturated rings. The Labute approximate surface area is 138 Å². The summed E-state index contributed by atoms with van der Waals surface area (Å²) in [5.74, 6) is 4.00. The van der Waals surface area contributed by atoms with Crippen molar-refractivity contribution in [2.24, 2.45) is 0 Å². The zero-order valence-electron chi connectivity index (χ0n) is 13.1. The Balaban J connectivity index is 1.34. The van der Waals surface area contributed by atoms with Crippen LogP contribution in [-0.4, -0.2) is 43.0 Å². The van der Waals surface area contributed by atoms with Crippen molar-refractivity contribution in [1.29, 1.82) is 0 Å². The fourth-order valence-corrected chi connectivity index (χ4v) is 3.10. The van der Waals surface area contributed by atoms with Gasteiger partial charge in [-0.1, -0.05) is 5.16 Å². The fourth-order valence-electron chi connectivity index (χ4n) is 3.10. The van der Waals surface area contributed by atoms with Crippen LogP contribution in [0.2, 0.25) is 0 Å². The number of hydrogen-bond donors (Lipinski definition) is 0. The predicted molar refractivity (Wildman–Crippen MR) is 85.0 cm³/mol. The standard InChI is InChI=1S/C16H17N7O/c1-5-18-23(6-1)14-9-17-8-13(19-14)22-7-4-12(10-22)16-20-15(21-24-16)11-2-3-11/h1,5-6,8-9,11-12H,2-4,7,10H2. The van der Waals surface area contributed by atoms with Gasteiger partial charge in [-0.3, -0.25) is 4.98 Å². The Kier molecular flexibility index (Phi) is 3.07. The minimum Gasteiger partial charge on any atom is -0.354 e. The van der Waals surface area contributed by atoms with Crippen LogP contribution in [0.5, 0.6) is 0 Å². The van der Waals surface area contributed by atoms with Crippen LogP contribution < -0.4 is 4.90 Å². The van der Waals surface area contributed by atoms with E-state index in [1.165, 1.54) is 12.8 Å². The monoisotopic (exact) mass is 323 g/mol. The van der Waals surface area contributed by atoms with Gasteiger partial charge in [0.05, 0.1) is 18.3 Å². The molecular formula is C16H17N7O. The topological polar surface area (TPSA) is 85.8 Å². The first kappa shape index (κ1) is 13.6. The third kappa shape index (κ3) is 2.44. The van der Waals surface area contributed by atoms with Gasteiger partial charge in [0, 0.05) is 31.4 Å². The van der Waals surface area contributed by atoms with Gasteiger partial charge in [-0.05, 0) is 25.3 Å². The van der Waals surface area contributed by atoms with E-state index in [0.29, 0.717) is 5.92 Å². The first-order valence-corrected chi connectivity index (χ1v) is 8.27. The molecule has 8 heteroatoms. The Morgan fingerprint density at radius 1 is 1.04 bits per heavy atom. The van der Waals surface area contributed by atoms with E-state index < -0.39 is 0 Å². The smallest absolute Gasteiger partial charge is 0.231 e. The predicted octanol–water partition coefficient (Wildman–Crippen LogP) is 1.92. The maximum Gasteiger partial charge on any atom is 0.231 e. The van der Waals surface area contributed by atoms with Crippen molar-refractivity contribution in [3.05, 3.63) is 42.6 Å². The second kappa shape index (κ2) is 5.40. The third-order valence-corrected chi connectivity index (χ3v) is 4.61. The molecule has 4 heterocycles. The van der Waals surface area contributed by atoms with Gasteiger partial charge in [0.2, 0.25) is 5.89 Å². The lowest BCUT2D eigenvalue weighted by molar-refractivity contribution is 0.355. The number of anilines is 1. The highest BCUT2D eigenvalue weighted by atomic mass is 16.5. The Morgan fingerprint density at radius 3 is 2.79 bits per heavy atom. The van der Waals surface area contributed by atoms with E-state index in [-0.39, 0.29) is 5.92 Å². The summed E-state index contributed by atoms with van der Waals surface area (Å²) in [6, 6.07) is 1.87.